The number of hydrazine groups is 2. The Balaban J connectivity index is -0.0000000531. The largest absolute Gasteiger partial charge is 0.369 e. The summed E-state index contributed by atoms with van der Waals surface area (Å²) in [5.74, 6) is 12.5. The number of hydrogen-bond acceptors (Lipinski definition) is 6. The summed E-state index contributed by atoms with van der Waals surface area (Å²) >= 11 is 0. The molecule has 10 heteroatoms. The Morgan fingerprint density at radius 3 is 1.04 bits per heavy atom. The van der Waals surface area contributed by atoms with Crippen LogP contribution in [0.3, 0.4) is 0 Å². The predicted octanol–water partition coefficient (Wildman–Crippen LogP) is 0.325. The third-order valence-corrected chi connectivity index (χ3v) is 3.40. The van der Waals surface area contributed by atoms with E-state index < -0.39 is 0 Å². The quantitative estimate of drug-likeness (QED) is 0.120. The van der Waals surface area contributed by atoms with Crippen molar-refractivity contribution in [1.29, 1.82) is 0 Å². The molecule has 0 aliphatic heterocycles. The van der Waals surface area contributed by atoms with E-state index in [2.05, 4.69) is 17.1 Å². The van der Waals surface area contributed by atoms with Crippen LogP contribution < -0.4 is 34.4 Å². The first-order valence-corrected chi connectivity index (χ1v) is 8.01. The van der Waals surface area contributed by atoms with Crippen molar-refractivity contribution in [2.24, 2.45) is 46.7 Å². The Bertz CT molecular complexity index is 313. The van der Waals surface area contributed by atoms with E-state index >= 15 is 0 Å². The fraction of sp³-hybridized carbons (Fsp3) is 0.750. The zero-order valence-corrected chi connectivity index (χ0v) is 20.3. The van der Waals surface area contributed by atoms with Gasteiger partial charge in [0.15, 0.2) is 0 Å². The minimum absolute atomic E-state index is 0. The van der Waals surface area contributed by atoms with E-state index in [1.165, 1.54) is 0 Å². The number of carbonyl (C=O) groups is 3. The molecular weight excluding hydrogens is 508 g/mol. The van der Waals surface area contributed by atoms with Gasteiger partial charge in [-0.25, -0.2) is 5.84 Å². The second-order valence-corrected chi connectivity index (χ2v) is 5.24. The Hall–Kier alpha value is -1.02. The number of primary amides is 2. The molecule has 9 nitrogen and oxygen atoms in total. The van der Waals surface area contributed by atoms with E-state index in [1.54, 1.807) is 0 Å². The second-order valence-electron chi connectivity index (χ2n) is 5.24. The summed E-state index contributed by atoms with van der Waals surface area (Å²) in [7, 11) is 0. The molecule has 0 aromatic heterocycles. The van der Waals surface area contributed by atoms with Gasteiger partial charge in [0.25, 0.3) is 0 Å². The molecule has 0 aromatic carbocycles. The van der Waals surface area contributed by atoms with E-state index in [0.29, 0.717) is 0 Å². The summed E-state index contributed by atoms with van der Waals surface area (Å²) in [6.45, 7) is 11.3. The van der Waals surface area contributed by atoms with Gasteiger partial charge in [-0.05, 0) is 19.3 Å². The van der Waals surface area contributed by atoms with Crippen LogP contribution in [0.15, 0.2) is 0 Å². The maximum Gasteiger partial charge on any atom is 0.236 e. The molecule has 26 heavy (non-hydrogen) atoms. The Morgan fingerprint density at radius 2 is 1.00 bits per heavy atom. The zero-order valence-electron chi connectivity index (χ0n) is 17.4. The van der Waals surface area contributed by atoms with Crippen molar-refractivity contribution >= 4 is 17.7 Å². The minimum Gasteiger partial charge on any atom is -0.369 e. The van der Waals surface area contributed by atoms with Crippen LogP contribution >= 0.6 is 0 Å². The summed E-state index contributed by atoms with van der Waals surface area (Å²) in [5.41, 5.74) is 11.9. The second kappa shape index (κ2) is 28.8. The van der Waals surface area contributed by atoms with Gasteiger partial charge in [0.1, 0.15) is 0 Å². The van der Waals surface area contributed by atoms with Crippen molar-refractivity contribution in [3.63, 3.8) is 0 Å². The number of nitrogens with one attached hydrogen (secondary N) is 1. The van der Waals surface area contributed by atoms with Crippen LogP contribution in [-0.2, 0) is 35.4 Å². The maximum atomic E-state index is 10.5. The summed E-state index contributed by atoms with van der Waals surface area (Å²) in [5, 5.41) is 0. The fourth-order valence-electron chi connectivity index (χ4n) is 0.730. The van der Waals surface area contributed by atoms with Gasteiger partial charge in [-0.2, -0.15) is 0 Å². The first-order chi connectivity index (χ1) is 11.1. The van der Waals surface area contributed by atoms with Crippen LogP contribution in [0.2, 0.25) is 0 Å². The molecule has 0 rings (SSSR count). The standard InChI is InChI=1S/C5H12N2O.2C5H11NO.CH3.H4N2.W/c1-3-4(2)5(8)7-6;2*1-3-4(2)5(6)7;;1-2;/h4H,3,6H2,1-2H3,(H,7,8);2*4H,3H2,1-2H3,(H2,6,7);1H3;1-2H2;/q;;;-1;;. The molecule has 0 heterocycles. The summed E-state index contributed by atoms with van der Waals surface area (Å²) in [4.78, 5) is 30.8. The van der Waals surface area contributed by atoms with E-state index in [4.69, 9.17) is 17.3 Å². The van der Waals surface area contributed by atoms with E-state index in [1.807, 2.05) is 41.5 Å². The molecule has 11 N–H and O–H groups in total. The van der Waals surface area contributed by atoms with Gasteiger partial charge < -0.3 is 18.9 Å². The van der Waals surface area contributed by atoms with Gasteiger partial charge in [0.2, 0.25) is 17.7 Å². The Labute approximate surface area is 173 Å². The number of carbonyl (C=O) groups excluding carboxylic acids is 3. The van der Waals surface area contributed by atoms with Crippen LogP contribution in [0.25, 0.3) is 0 Å². The molecular formula is C16H41N6O3W-. The van der Waals surface area contributed by atoms with Crippen molar-refractivity contribution in [3.8, 4) is 0 Å². The number of hydrogen-bond donors (Lipinski definition) is 6. The van der Waals surface area contributed by atoms with Crippen molar-refractivity contribution in [1.82, 2.24) is 5.43 Å². The average Bonchev–Trinajstić information content (AvgIpc) is 2.61. The molecule has 0 spiro atoms. The first-order valence-electron chi connectivity index (χ1n) is 8.01. The molecule has 0 fully saturated rings. The Kier molecular flexibility index (Phi) is 44.1. The number of nitrogens with two attached hydrogens (primary N) is 5. The molecule has 0 aliphatic carbocycles. The molecule has 3 atom stereocenters. The normalized spacial score (nSPS) is 11.4. The summed E-state index contributed by atoms with van der Waals surface area (Å²) in [6.07, 6.45) is 2.52. The molecule has 3 unspecified atom stereocenters. The molecule has 160 valence electrons. The summed E-state index contributed by atoms with van der Waals surface area (Å²) in [6, 6.07) is 0. The molecule has 0 aliphatic rings. The van der Waals surface area contributed by atoms with Gasteiger partial charge in [0, 0.05) is 38.8 Å². The molecule has 0 saturated carbocycles. The van der Waals surface area contributed by atoms with Crippen molar-refractivity contribution in [2.45, 2.75) is 60.8 Å². The van der Waals surface area contributed by atoms with E-state index in [9.17, 15) is 14.4 Å². The van der Waals surface area contributed by atoms with Crippen molar-refractivity contribution in [3.05, 3.63) is 7.43 Å². The number of rotatable bonds is 6. The van der Waals surface area contributed by atoms with E-state index in [0.717, 1.165) is 19.3 Å². The van der Waals surface area contributed by atoms with Gasteiger partial charge in [-0.1, -0.05) is 41.5 Å². The molecule has 0 aromatic rings. The van der Waals surface area contributed by atoms with Crippen molar-refractivity contribution in [2.75, 3.05) is 0 Å². The van der Waals surface area contributed by atoms with Crippen LogP contribution in [-0.4, -0.2) is 17.7 Å². The smallest absolute Gasteiger partial charge is 0.236 e. The molecule has 0 saturated heterocycles. The van der Waals surface area contributed by atoms with Crippen LogP contribution in [0, 0.1) is 25.2 Å². The van der Waals surface area contributed by atoms with Crippen LogP contribution in [0.1, 0.15) is 60.8 Å². The SMILES string of the molecule is CCC(C)C(=O)NN.CCC(C)C(N)=O.CCC(C)C(N)=O.NN.[CH3-].[W]. The van der Waals surface area contributed by atoms with Gasteiger partial charge in [-0.3, -0.25) is 31.5 Å². The molecule has 0 bridgehead atoms. The average molecular weight is 549 g/mol. The van der Waals surface area contributed by atoms with Gasteiger partial charge in [0.05, 0.1) is 0 Å². The third kappa shape index (κ3) is 30.8. The first kappa shape index (κ1) is 39.9. The van der Waals surface area contributed by atoms with Gasteiger partial charge >= 0.3 is 0 Å². The molecule has 0 radical (unpaired) electrons. The fourth-order valence-corrected chi connectivity index (χ4v) is 0.730. The monoisotopic (exact) mass is 549 g/mol. The van der Waals surface area contributed by atoms with Crippen LogP contribution in [0.5, 0.6) is 0 Å². The van der Waals surface area contributed by atoms with E-state index in [-0.39, 0.29) is 64.0 Å². The Morgan fingerprint density at radius 1 is 0.769 bits per heavy atom. The minimum atomic E-state index is -0.206. The van der Waals surface area contributed by atoms with Crippen LogP contribution in [0.4, 0.5) is 0 Å². The third-order valence-electron chi connectivity index (χ3n) is 3.40. The summed E-state index contributed by atoms with van der Waals surface area (Å²) < 4.78 is 0. The zero-order chi connectivity index (χ0) is 20.3. The molecule has 3 amide bonds. The topological polar surface area (TPSA) is 193 Å². The van der Waals surface area contributed by atoms with Gasteiger partial charge in [-0.15, -0.1) is 0 Å². The van der Waals surface area contributed by atoms with Crippen molar-refractivity contribution < 1.29 is 35.4 Å². The maximum absolute atomic E-state index is 10.5. The number of amides is 3. The predicted molar refractivity (Wildman–Crippen MR) is 104 cm³/mol.